The molecule has 0 aliphatic carbocycles. The average molecular weight is 368 g/mol. The molecule has 0 atom stereocenters. The van der Waals surface area contributed by atoms with E-state index in [1.807, 2.05) is 18.2 Å². The van der Waals surface area contributed by atoms with Crippen molar-refractivity contribution in [2.45, 2.75) is 4.90 Å². The molecule has 0 amide bonds. The Hall–Kier alpha value is -1.83. The number of sulfonamides is 1. The molecule has 1 aliphatic heterocycles. The van der Waals surface area contributed by atoms with Crippen molar-refractivity contribution in [2.75, 3.05) is 38.2 Å². The molecular formula is C16H18ClN3O3S. The van der Waals surface area contributed by atoms with Crippen molar-refractivity contribution >= 4 is 27.4 Å². The van der Waals surface area contributed by atoms with Crippen LogP contribution in [0.25, 0.3) is 0 Å². The summed E-state index contributed by atoms with van der Waals surface area (Å²) in [6, 6.07) is 10.2. The lowest BCUT2D eigenvalue weighted by Gasteiger charge is -2.34. The van der Waals surface area contributed by atoms with E-state index in [0.29, 0.717) is 31.9 Å². The molecule has 0 unspecified atom stereocenters. The second kappa shape index (κ2) is 6.96. The van der Waals surface area contributed by atoms with Gasteiger partial charge in [-0.15, -0.1) is 0 Å². The molecule has 8 heteroatoms. The minimum atomic E-state index is -3.57. The monoisotopic (exact) mass is 367 g/mol. The molecular weight excluding hydrogens is 350 g/mol. The third-order valence-electron chi connectivity index (χ3n) is 3.97. The third-order valence-corrected chi connectivity index (χ3v) is 6.16. The first kappa shape index (κ1) is 17.0. The largest absolute Gasteiger partial charge is 0.495 e. The number of nitrogens with zero attached hydrogens (tertiary/aromatic N) is 3. The van der Waals surface area contributed by atoms with Crippen LogP contribution in [0.4, 0.5) is 5.82 Å². The maximum Gasteiger partial charge on any atom is 0.243 e. The molecule has 24 heavy (non-hydrogen) atoms. The van der Waals surface area contributed by atoms with E-state index in [2.05, 4.69) is 9.88 Å². The number of pyridine rings is 1. The van der Waals surface area contributed by atoms with Crippen LogP contribution >= 0.6 is 11.6 Å². The van der Waals surface area contributed by atoms with Crippen molar-refractivity contribution < 1.29 is 13.2 Å². The van der Waals surface area contributed by atoms with Gasteiger partial charge >= 0.3 is 0 Å². The van der Waals surface area contributed by atoms with Crippen LogP contribution in [0.3, 0.4) is 0 Å². The van der Waals surface area contributed by atoms with Gasteiger partial charge in [0.1, 0.15) is 11.6 Å². The molecule has 3 rings (SSSR count). The van der Waals surface area contributed by atoms with E-state index in [9.17, 15) is 8.42 Å². The summed E-state index contributed by atoms with van der Waals surface area (Å²) in [6.45, 7) is 2.01. The molecule has 128 valence electrons. The summed E-state index contributed by atoms with van der Waals surface area (Å²) in [6.07, 6.45) is 1.73. The Balaban J connectivity index is 1.74. The number of methoxy groups -OCH3 is 1. The van der Waals surface area contributed by atoms with Gasteiger partial charge in [0, 0.05) is 32.4 Å². The average Bonchev–Trinajstić information content (AvgIpc) is 2.62. The van der Waals surface area contributed by atoms with Crippen LogP contribution in [0.2, 0.25) is 5.02 Å². The van der Waals surface area contributed by atoms with Crippen LogP contribution < -0.4 is 9.64 Å². The summed E-state index contributed by atoms with van der Waals surface area (Å²) in [5, 5.41) is 0.283. The Kier molecular flexibility index (Phi) is 4.93. The third kappa shape index (κ3) is 3.33. The molecule has 1 aromatic heterocycles. The van der Waals surface area contributed by atoms with E-state index in [-0.39, 0.29) is 9.92 Å². The number of hydrogen-bond acceptors (Lipinski definition) is 5. The predicted octanol–water partition coefficient (Wildman–Crippen LogP) is 2.25. The molecule has 0 N–H and O–H groups in total. The number of piperazine rings is 1. The zero-order chi connectivity index (χ0) is 17.2. The number of benzene rings is 1. The lowest BCUT2D eigenvalue weighted by atomic mass is 10.3. The van der Waals surface area contributed by atoms with E-state index in [0.717, 1.165) is 5.82 Å². The van der Waals surface area contributed by atoms with Crippen LogP contribution in [0.5, 0.6) is 5.75 Å². The van der Waals surface area contributed by atoms with Gasteiger partial charge in [0.25, 0.3) is 0 Å². The number of rotatable bonds is 4. The van der Waals surface area contributed by atoms with E-state index in [4.69, 9.17) is 16.3 Å². The summed E-state index contributed by atoms with van der Waals surface area (Å²) in [5.41, 5.74) is 0. The summed E-state index contributed by atoms with van der Waals surface area (Å²) >= 11 is 6.05. The van der Waals surface area contributed by atoms with Gasteiger partial charge in [0.15, 0.2) is 0 Å². The highest BCUT2D eigenvalue weighted by Crippen LogP contribution is 2.29. The van der Waals surface area contributed by atoms with Crippen molar-refractivity contribution in [3.63, 3.8) is 0 Å². The van der Waals surface area contributed by atoms with Crippen LogP contribution in [0, 0.1) is 0 Å². The van der Waals surface area contributed by atoms with Gasteiger partial charge < -0.3 is 9.64 Å². The highest BCUT2D eigenvalue weighted by molar-refractivity contribution is 7.89. The molecule has 6 nitrogen and oxygen atoms in total. The fourth-order valence-corrected chi connectivity index (χ4v) is 4.43. The highest BCUT2D eigenvalue weighted by atomic mass is 35.5. The van der Waals surface area contributed by atoms with Gasteiger partial charge in [0.2, 0.25) is 10.0 Å². The molecule has 0 saturated carbocycles. The highest BCUT2D eigenvalue weighted by Gasteiger charge is 2.29. The number of aromatic nitrogens is 1. The molecule has 1 saturated heterocycles. The SMILES string of the molecule is COc1ccc(S(=O)(=O)N2CCN(c3ccccn3)CC2)cc1Cl. The van der Waals surface area contributed by atoms with Crippen molar-refractivity contribution in [1.82, 2.24) is 9.29 Å². The van der Waals surface area contributed by atoms with Gasteiger partial charge in [-0.2, -0.15) is 4.31 Å². The zero-order valence-electron chi connectivity index (χ0n) is 13.2. The minimum absolute atomic E-state index is 0.180. The van der Waals surface area contributed by atoms with Gasteiger partial charge in [0.05, 0.1) is 17.0 Å². The van der Waals surface area contributed by atoms with E-state index >= 15 is 0 Å². The fourth-order valence-electron chi connectivity index (χ4n) is 2.65. The Labute approximate surface area is 146 Å². The number of hydrogen-bond donors (Lipinski definition) is 0. The van der Waals surface area contributed by atoms with Crippen LogP contribution in [-0.2, 0) is 10.0 Å². The Morgan fingerprint density at radius 1 is 1.12 bits per heavy atom. The molecule has 2 heterocycles. The summed E-state index contributed by atoms with van der Waals surface area (Å²) in [4.78, 5) is 6.56. The second-order valence-electron chi connectivity index (χ2n) is 5.38. The van der Waals surface area contributed by atoms with Crippen molar-refractivity contribution in [1.29, 1.82) is 0 Å². The Morgan fingerprint density at radius 2 is 1.88 bits per heavy atom. The van der Waals surface area contributed by atoms with Crippen LogP contribution in [-0.4, -0.2) is 51.0 Å². The van der Waals surface area contributed by atoms with E-state index < -0.39 is 10.0 Å². The summed E-state index contributed by atoms with van der Waals surface area (Å²) < 4.78 is 32.1. The molecule has 2 aromatic rings. The quantitative estimate of drug-likeness (QED) is 0.829. The number of anilines is 1. The van der Waals surface area contributed by atoms with Gasteiger partial charge in [-0.25, -0.2) is 13.4 Å². The maximum atomic E-state index is 12.8. The van der Waals surface area contributed by atoms with Gasteiger partial charge in [-0.3, -0.25) is 0 Å². The van der Waals surface area contributed by atoms with Crippen molar-refractivity contribution in [2.24, 2.45) is 0 Å². The van der Waals surface area contributed by atoms with Gasteiger partial charge in [-0.1, -0.05) is 17.7 Å². The van der Waals surface area contributed by atoms with Crippen LogP contribution in [0.15, 0.2) is 47.5 Å². The standard InChI is InChI=1S/C16H18ClN3O3S/c1-23-15-6-5-13(12-14(15)17)24(21,22)20-10-8-19(9-11-20)16-4-2-3-7-18-16/h2-7,12H,8-11H2,1H3. The molecule has 0 spiro atoms. The number of halogens is 1. The minimum Gasteiger partial charge on any atom is -0.495 e. The summed E-state index contributed by atoms with van der Waals surface area (Å²) in [7, 11) is -2.08. The summed E-state index contributed by atoms with van der Waals surface area (Å²) in [5.74, 6) is 1.32. The Bertz CT molecular complexity index is 807. The normalized spacial score (nSPS) is 16.2. The molecule has 0 radical (unpaired) electrons. The predicted molar refractivity (Wildman–Crippen MR) is 93.2 cm³/mol. The molecule has 1 fully saturated rings. The lowest BCUT2D eigenvalue weighted by Crippen LogP contribution is -2.48. The van der Waals surface area contributed by atoms with E-state index in [1.54, 1.807) is 12.3 Å². The molecule has 0 bridgehead atoms. The van der Waals surface area contributed by atoms with Crippen molar-refractivity contribution in [3.8, 4) is 5.75 Å². The van der Waals surface area contributed by atoms with E-state index in [1.165, 1.54) is 23.5 Å². The molecule has 1 aromatic carbocycles. The smallest absolute Gasteiger partial charge is 0.243 e. The molecule has 1 aliphatic rings. The topological polar surface area (TPSA) is 62.7 Å². The lowest BCUT2D eigenvalue weighted by molar-refractivity contribution is 0.383. The number of ether oxygens (including phenoxy) is 1. The second-order valence-corrected chi connectivity index (χ2v) is 7.72. The first-order valence-electron chi connectivity index (χ1n) is 7.52. The van der Waals surface area contributed by atoms with Crippen molar-refractivity contribution in [3.05, 3.63) is 47.6 Å². The maximum absolute atomic E-state index is 12.8. The van der Waals surface area contributed by atoms with Gasteiger partial charge in [-0.05, 0) is 30.3 Å². The first-order chi connectivity index (χ1) is 11.5. The fraction of sp³-hybridized carbons (Fsp3) is 0.312. The van der Waals surface area contributed by atoms with Crippen LogP contribution in [0.1, 0.15) is 0 Å². The first-order valence-corrected chi connectivity index (χ1v) is 9.34. The zero-order valence-corrected chi connectivity index (χ0v) is 14.8. The Morgan fingerprint density at radius 3 is 2.46 bits per heavy atom.